The summed E-state index contributed by atoms with van der Waals surface area (Å²) in [6, 6.07) is 1.32. The van der Waals surface area contributed by atoms with Crippen LogP contribution in [-0.4, -0.2) is 29.3 Å². The van der Waals surface area contributed by atoms with Crippen molar-refractivity contribution < 1.29 is 32.2 Å². The number of aromatic nitrogens is 1. The lowest BCUT2D eigenvalue weighted by atomic mass is 10.1. The lowest BCUT2D eigenvalue weighted by Gasteiger charge is -2.19. The first-order valence-corrected chi connectivity index (χ1v) is 6.66. The van der Waals surface area contributed by atoms with Gasteiger partial charge in [-0.3, -0.25) is 4.79 Å². The molecule has 0 unspecified atom stereocenters. The fraction of sp³-hybridized carbons (Fsp3) is 0.286. The zero-order valence-corrected chi connectivity index (χ0v) is 12.5. The van der Waals surface area contributed by atoms with E-state index in [1.54, 1.807) is 0 Å². The monoisotopic (exact) mass is 348 g/mol. The molecule has 0 spiro atoms. The first-order valence-electron chi connectivity index (χ1n) is 6.66. The molecule has 1 heterocycles. The van der Waals surface area contributed by atoms with E-state index in [-0.39, 0.29) is 12.3 Å². The lowest BCUT2D eigenvalue weighted by molar-refractivity contribution is -0.203. The zero-order chi connectivity index (χ0) is 18.2. The van der Waals surface area contributed by atoms with Crippen molar-refractivity contribution in [1.29, 1.82) is 0 Å². The highest BCUT2D eigenvalue weighted by Gasteiger charge is 2.38. The Kier molecular flexibility index (Phi) is 4.41. The Labute approximate surface area is 132 Å². The topological polar surface area (TPSA) is 80.6 Å². The van der Waals surface area contributed by atoms with Crippen LogP contribution in [0.4, 0.5) is 23.2 Å². The number of pyridine rings is 1. The summed E-state index contributed by atoms with van der Waals surface area (Å²) in [6.45, 7) is 1.14. The maximum atomic E-state index is 13.6. The summed E-state index contributed by atoms with van der Waals surface area (Å²) in [7, 11) is 1.22. The van der Waals surface area contributed by atoms with E-state index in [4.69, 9.17) is 0 Å². The maximum Gasteiger partial charge on any atom is 0.491 e. The van der Waals surface area contributed by atoms with Crippen molar-refractivity contribution in [2.75, 3.05) is 19.0 Å². The van der Waals surface area contributed by atoms with Crippen LogP contribution in [0.5, 0.6) is 5.75 Å². The second-order valence-corrected chi connectivity index (χ2v) is 4.65. The molecule has 2 N–H and O–H groups in total. The van der Waals surface area contributed by atoms with Gasteiger partial charge in [-0.1, -0.05) is 0 Å². The van der Waals surface area contributed by atoms with Crippen LogP contribution < -0.4 is 10.9 Å². The number of halogens is 4. The summed E-state index contributed by atoms with van der Waals surface area (Å²) in [6.07, 6.45) is -5.21. The third-order valence-corrected chi connectivity index (χ3v) is 3.21. The number of fused-ring (bicyclic) bond motifs is 1. The van der Waals surface area contributed by atoms with E-state index >= 15 is 0 Å². The highest BCUT2D eigenvalue weighted by atomic mass is 19.4. The van der Waals surface area contributed by atoms with Crippen molar-refractivity contribution in [3.05, 3.63) is 33.9 Å². The molecular weight excluding hydrogens is 336 g/mol. The minimum absolute atomic E-state index is 0.229. The Bertz CT molecular complexity index is 874. The first-order chi connectivity index (χ1) is 11.1. The summed E-state index contributed by atoms with van der Waals surface area (Å²) >= 11 is 0. The van der Waals surface area contributed by atoms with Gasteiger partial charge in [0.2, 0.25) is 0 Å². The predicted molar refractivity (Wildman–Crippen MR) is 76.6 cm³/mol. The molecule has 0 aliphatic carbocycles. The van der Waals surface area contributed by atoms with Crippen LogP contribution in [0.25, 0.3) is 10.9 Å². The van der Waals surface area contributed by atoms with Gasteiger partial charge in [0.25, 0.3) is 5.56 Å². The molecule has 0 fully saturated rings. The van der Waals surface area contributed by atoms with Gasteiger partial charge in [0.05, 0.1) is 17.8 Å². The summed E-state index contributed by atoms with van der Waals surface area (Å²) in [5, 5.41) is 11.8. The molecule has 0 radical (unpaired) electrons. The second-order valence-electron chi connectivity index (χ2n) is 4.65. The van der Waals surface area contributed by atoms with E-state index in [0.717, 1.165) is 6.07 Å². The average Bonchev–Trinajstić information content (AvgIpc) is 2.46. The Morgan fingerprint density at radius 1 is 1.38 bits per heavy atom. The highest BCUT2D eigenvalue weighted by molar-refractivity contribution is 6.03. The van der Waals surface area contributed by atoms with Gasteiger partial charge in [-0.25, -0.2) is 13.8 Å². The van der Waals surface area contributed by atoms with E-state index in [0.29, 0.717) is 6.07 Å². The van der Waals surface area contributed by atoms with Crippen LogP contribution in [0.1, 0.15) is 17.3 Å². The van der Waals surface area contributed by atoms with Crippen LogP contribution in [0.2, 0.25) is 0 Å². The van der Waals surface area contributed by atoms with E-state index < -0.39 is 50.4 Å². The van der Waals surface area contributed by atoms with Crippen LogP contribution >= 0.6 is 0 Å². The fourth-order valence-electron chi connectivity index (χ4n) is 2.29. The summed E-state index contributed by atoms with van der Waals surface area (Å²) in [5.41, 5.74) is -4.21. The molecule has 24 heavy (non-hydrogen) atoms. The van der Waals surface area contributed by atoms with E-state index in [1.165, 1.54) is 14.0 Å². The van der Waals surface area contributed by atoms with Gasteiger partial charge in [0, 0.05) is 12.4 Å². The molecule has 0 saturated carbocycles. The van der Waals surface area contributed by atoms with Gasteiger partial charge < -0.3 is 15.2 Å². The number of carbonyl (C=O) groups excluding carboxylic acids is 1. The second kappa shape index (κ2) is 6.02. The predicted octanol–water partition coefficient (Wildman–Crippen LogP) is 2.54. The summed E-state index contributed by atoms with van der Waals surface area (Å²) in [5.74, 6) is -3.48. The lowest BCUT2D eigenvalue weighted by Crippen LogP contribution is -2.35. The summed E-state index contributed by atoms with van der Waals surface area (Å²) < 4.78 is 57.6. The van der Waals surface area contributed by atoms with E-state index in [9.17, 15) is 32.3 Å². The minimum atomic E-state index is -5.21. The highest BCUT2D eigenvalue weighted by Crippen LogP contribution is 2.36. The van der Waals surface area contributed by atoms with E-state index in [1.807, 2.05) is 0 Å². The molecule has 0 atom stereocenters. The van der Waals surface area contributed by atoms with Crippen LogP contribution in [0.3, 0.4) is 0 Å². The first kappa shape index (κ1) is 17.6. The number of esters is 1. The van der Waals surface area contributed by atoms with Gasteiger partial charge in [-0.15, -0.1) is 13.2 Å². The number of benzene rings is 1. The van der Waals surface area contributed by atoms with Crippen LogP contribution in [0.15, 0.2) is 16.9 Å². The standard InChI is InChI=1S/C14H12F4N2O4/c1-3-24-13(23)9-11(21)7-4-6(15)5-8(19-2)10(7)20(12(9)22)14(16,17)18/h4-5,19,21H,3H2,1-2H3. The van der Waals surface area contributed by atoms with Crippen molar-refractivity contribution in [1.82, 2.24) is 4.57 Å². The molecule has 0 amide bonds. The SMILES string of the molecule is CCOC(=O)c1c(O)c2cc(F)cc(NC)c2n(C(F)(F)F)c1=O. The largest absolute Gasteiger partial charge is 0.506 e. The quantitative estimate of drug-likeness (QED) is 0.658. The molecule has 0 aliphatic heterocycles. The van der Waals surface area contributed by atoms with Gasteiger partial charge in [0.15, 0.2) is 5.56 Å². The number of hydrogen-bond donors (Lipinski definition) is 2. The van der Waals surface area contributed by atoms with Gasteiger partial charge in [-0.2, -0.15) is 0 Å². The molecule has 6 nitrogen and oxygen atoms in total. The Morgan fingerprint density at radius 3 is 2.50 bits per heavy atom. The zero-order valence-electron chi connectivity index (χ0n) is 12.5. The molecule has 0 saturated heterocycles. The molecule has 2 aromatic rings. The van der Waals surface area contributed by atoms with Crippen molar-refractivity contribution in [2.45, 2.75) is 13.2 Å². The smallest absolute Gasteiger partial charge is 0.491 e. The normalized spacial score (nSPS) is 11.6. The van der Waals surface area contributed by atoms with Gasteiger partial charge >= 0.3 is 12.3 Å². The number of aromatic hydroxyl groups is 1. The van der Waals surface area contributed by atoms with Crippen LogP contribution in [0, 0.1) is 5.82 Å². The number of nitrogens with one attached hydrogen (secondary N) is 1. The number of rotatable bonds is 3. The van der Waals surface area contributed by atoms with E-state index in [2.05, 4.69) is 10.1 Å². The number of anilines is 1. The minimum Gasteiger partial charge on any atom is -0.506 e. The molecule has 1 aromatic heterocycles. The fourth-order valence-corrected chi connectivity index (χ4v) is 2.29. The molecule has 1 aromatic carbocycles. The average molecular weight is 348 g/mol. The van der Waals surface area contributed by atoms with Gasteiger partial charge in [-0.05, 0) is 19.1 Å². The number of alkyl halides is 3. The number of carbonyl (C=O) groups is 1. The Morgan fingerprint density at radius 2 is 2.00 bits per heavy atom. The molecule has 10 heteroatoms. The van der Waals surface area contributed by atoms with Crippen LogP contribution in [-0.2, 0) is 11.0 Å². The maximum absolute atomic E-state index is 13.6. The third kappa shape index (κ3) is 2.74. The number of nitrogens with zero attached hydrogens (tertiary/aromatic N) is 1. The summed E-state index contributed by atoms with van der Waals surface area (Å²) in [4.78, 5) is 24.0. The Balaban J connectivity index is 3.10. The van der Waals surface area contributed by atoms with Crippen molar-refractivity contribution >= 4 is 22.6 Å². The van der Waals surface area contributed by atoms with Gasteiger partial charge in [0.1, 0.15) is 11.6 Å². The third-order valence-electron chi connectivity index (χ3n) is 3.21. The molecule has 0 aliphatic rings. The molecular formula is C14H12F4N2O4. The van der Waals surface area contributed by atoms with Crippen molar-refractivity contribution in [2.24, 2.45) is 0 Å². The van der Waals surface area contributed by atoms with Crippen molar-refractivity contribution in [3.8, 4) is 5.75 Å². The molecule has 0 bridgehead atoms. The number of hydrogen-bond acceptors (Lipinski definition) is 5. The van der Waals surface area contributed by atoms with Crippen molar-refractivity contribution in [3.63, 3.8) is 0 Å². The molecule has 2 rings (SSSR count). The molecule has 130 valence electrons. The number of ether oxygens (including phenoxy) is 1. The Hall–Kier alpha value is -2.78.